The number of amides is 1. The van der Waals surface area contributed by atoms with E-state index in [9.17, 15) is 4.79 Å². The Morgan fingerprint density at radius 1 is 1.00 bits per heavy atom. The predicted octanol–water partition coefficient (Wildman–Crippen LogP) is 2.65. The second-order valence-corrected chi connectivity index (χ2v) is 6.56. The third-order valence-corrected chi connectivity index (χ3v) is 5.14. The smallest absolute Gasteiger partial charge is 0.264 e. The van der Waals surface area contributed by atoms with Gasteiger partial charge in [0.25, 0.3) is 5.91 Å². The Hall–Kier alpha value is -2.47. The minimum Gasteiger partial charge on any atom is -0.337 e. The van der Waals surface area contributed by atoms with Crippen molar-refractivity contribution >= 4 is 33.3 Å². The maximum absolute atomic E-state index is 12.7. The van der Waals surface area contributed by atoms with Gasteiger partial charge in [0.2, 0.25) is 5.95 Å². The second-order valence-electron chi connectivity index (χ2n) is 5.48. The molecule has 1 aliphatic rings. The van der Waals surface area contributed by atoms with Crippen LogP contribution in [0, 0.1) is 0 Å². The molecule has 1 aromatic carbocycles. The van der Waals surface area contributed by atoms with Gasteiger partial charge in [0.05, 0.1) is 4.88 Å². The van der Waals surface area contributed by atoms with Crippen LogP contribution in [0.15, 0.2) is 48.8 Å². The van der Waals surface area contributed by atoms with Gasteiger partial charge >= 0.3 is 0 Å². The summed E-state index contributed by atoms with van der Waals surface area (Å²) in [7, 11) is 0. The Morgan fingerprint density at radius 2 is 1.74 bits per heavy atom. The van der Waals surface area contributed by atoms with Crippen molar-refractivity contribution in [1.29, 1.82) is 0 Å². The minimum atomic E-state index is 0.125. The molecule has 0 N–H and O–H groups in total. The van der Waals surface area contributed by atoms with Crippen LogP contribution in [-0.2, 0) is 0 Å². The van der Waals surface area contributed by atoms with Crippen molar-refractivity contribution in [2.24, 2.45) is 0 Å². The second kappa shape index (κ2) is 5.96. The lowest BCUT2D eigenvalue weighted by Gasteiger charge is -2.34. The van der Waals surface area contributed by atoms with Crippen LogP contribution in [-0.4, -0.2) is 47.0 Å². The normalized spacial score (nSPS) is 15.1. The molecule has 3 heterocycles. The van der Waals surface area contributed by atoms with Crippen molar-refractivity contribution < 1.29 is 4.79 Å². The lowest BCUT2D eigenvalue weighted by atomic mass is 10.2. The van der Waals surface area contributed by atoms with Crippen molar-refractivity contribution in [3.8, 4) is 0 Å². The maximum Gasteiger partial charge on any atom is 0.264 e. The molecule has 4 rings (SSSR count). The number of thiophene rings is 1. The molecule has 3 aromatic rings. The number of benzene rings is 1. The van der Waals surface area contributed by atoms with Crippen LogP contribution in [0.3, 0.4) is 0 Å². The average Bonchev–Trinajstić information content (AvgIpc) is 3.06. The number of rotatable bonds is 2. The molecule has 5 nitrogen and oxygen atoms in total. The Morgan fingerprint density at radius 3 is 2.48 bits per heavy atom. The van der Waals surface area contributed by atoms with Crippen molar-refractivity contribution in [2.45, 2.75) is 0 Å². The molecule has 1 fully saturated rings. The number of hydrogen-bond acceptors (Lipinski definition) is 5. The van der Waals surface area contributed by atoms with Crippen molar-refractivity contribution in [2.75, 3.05) is 31.1 Å². The summed E-state index contributed by atoms with van der Waals surface area (Å²) in [6, 6.07) is 11.9. The van der Waals surface area contributed by atoms with Crippen LogP contribution in [0.25, 0.3) is 10.1 Å². The van der Waals surface area contributed by atoms with Crippen LogP contribution >= 0.6 is 11.3 Å². The molecule has 0 spiro atoms. The van der Waals surface area contributed by atoms with Crippen LogP contribution in [0.4, 0.5) is 5.95 Å². The van der Waals surface area contributed by atoms with Gasteiger partial charge in [0.15, 0.2) is 0 Å². The summed E-state index contributed by atoms with van der Waals surface area (Å²) in [6.07, 6.45) is 3.49. The number of nitrogens with zero attached hydrogens (tertiary/aromatic N) is 4. The van der Waals surface area contributed by atoms with Gasteiger partial charge in [-0.2, -0.15) is 0 Å². The van der Waals surface area contributed by atoms with Crippen molar-refractivity contribution in [3.63, 3.8) is 0 Å². The minimum absolute atomic E-state index is 0.125. The van der Waals surface area contributed by atoms with Crippen LogP contribution in [0.5, 0.6) is 0 Å². The quantitative estimate of drug-likeness (QED) is 0.727. The van der Waals surface area contributed by atoms with Gasteiger partial charge in [-0.3, -0.25) is 4.79 Å². The molecule has 6 heteroatoms. The molecule has 0 unspecified atom stereocenters. The highest BCUT2D eigenvalue weighted by atomic mass is 32.1. The largest absolute Gasteiger partial charge is 0.337 e. The summed E-state index contributed by atoms with van der Waals surface area (Å²) in [5.74, 6) is 0.862. The summed E-state index contributed by atoms with van der Waals surface area (Å²) < 4.78 is 1.16. The van der Waals surface area contributed by atoms with E-state index in [2.05, 4.69) is 20.9 Å². The third-order valence-electron chi connectivity index (χ3n) is 4.04. The first-order valence-electron chi connectivity index (χ1n) is 7.61. The first-order valence-corrected chi connectivity index (χ1v) is 8.43. The Labute approximate surface area is 138 Å². The van der Waals surface area contributed by atoms with E-state index < -0.39 is 0 Å². The van der Waals surface area contributed by atoms with Gasteiger partial charge in [0.1, 0.15) is 0 Å². The van der Waals surface area contributed by atoms with Gasteiger partial charge in [-0.1, -0.05) is 18.2 Å². The summed E-state index contributed by atoms with van der Waals surface area (Å²) in [5.41, 5.74) is 0. The first kappa shape index (κ1) is 14.1. The van der Waals surface area contributed by atoms with E-state index in [0.29, 0.717) is 13.1 Å². The van der Waals surface area contributed by atoms with Gasteiger partial charge in [0, 0.05) is 43.3 Å². The zero-order valence-corrected chi connectivity index (χ0v) is 13.4. The zero-order chi connectivity index (χ0) is 15.6. The fraction of sp³-hybridized carbons (Fsp3) is 0.235. The summed E-state index contributed by atoms with van der Waals surface area (Å²) in [5, 5.41) is 1.14. The van der Waals surface area contributed by atoms with E-state index >= 15 is 0 Å². The number of carbonyl (C=O) groups excluding carboxylic acids is 1. The number of anilines is 1. The fourth-order valence-corrected chi connectivity index (χ4v) is 3.84. The SMILES string of the molecule is O=C(c1cc2ccccc2s1)N1CCN(c2ncccn2)CC1. The molecule has 0 bridgehead atoms. The van der Waals surface area contributed by atoms with Crippen LogP contribution in [0.2, 0.25) is 0 Å². The van der Waals surface area contributed by atoms with Gasteiger partial charge < -0.3 is 9.80 Å². The molecule has 0 aliphatic carbocycles. The summed E-state index contributed by atoms with van der Waals surface area (Å²) in [6.45, 7) is 2.93. The molecule has 0 atom stereocenters. The third kappa shape index (κ3) is 2.77. The molecular formula is C17H16N4OS. The zero-order valence-electron chi connectivity index (χ0n) is 12.6. The standard InChI is InChI=1S/C17H16N4OS/c22-16(15-12-13-4-1-2-5-14(13)23-15)20-8-10-21(11-9-20)17-18-6-3-7-19-17/h1-7,12H,8-11H2. The number of fused-ring (bicyclic) bond motifs is 1. The van der Waals surface area contributed by atoms with E-state index in [1.165, 1.54) is 0 Å². The molecule has 0 radical (unpaired) electrons. The summed E-state index contributed by atoms with van der Waals surface area (Å²) in [4.78, 5) is 26.1. The van der Waals surface area contributed by atoms with Crippen LogP contribution < -0.4 is 4.90 Å². The van der Waals surface area contributed by atoms with Crippen LogP contribution in [0.1, 0.15) is 9.67 Å². The van der Waals surface area contributed by atoms with E-state index in [1.54, 1.807) is 23.7 Å². The molecule has 2 aromatic heterocycles. The van der Waals surface area contributed by atoms with Gasteiger partial charge in [-0.25, -0.2) is 9.97 Å². The molecule has 1 saturated heterocycles. The van der Waals surface area contributed by atoms with Crippen molar-refractivity contribution in [1.82, 2.24) is 14.9 Å². The molecule has 1 aliphatic heterocycles. The molecule has 0 saturated carbocycles. The lowest BCUT2D eigenvalue weighted by Crippen LogP contribution is -2.49. The Balaban J connectivity index is 1.46. The molecule has 23 heavy (non-hydrogen) atoms. The highest BCUT2D eigenvalue weighted by molar-refractivity contribution is 7.20. The Bertz CT molecular complexity index is 792. The van der Waals surface area contributed by atoms with Gasteiger partial charge in [-0.15, -0.1) is 11.3 Å². The number of hydrogen-bond donors (Lipinski definition) is 0. The summed E-state index contributed by atoms with van der Waals surface area (Å²) >= 11 is 1.57. The number of aromatic nitrogens is 2. The van der Waals surface area contributed by atoms with E-state index in [0.717, 1.165) is 34.0 Å². The van der Waals surface area contributed by atoms with Crippen molar-refractivity contribution in [3.05, 3.63) is 53.7 Å². The highest BCUT2D eigenvalue weighted by Crippen LogP contribution is 2.26. The number of piperazine rings is 1. The molecular weight excluding hydrogens is 308 g/mol. The molecule has 116 valence electrons. The first-order chi connectivity index (χ1) is 11.3. The topological polar surface area (TPSA) is 49.3 Å². The predicted molar refractivity (Wildman–Crippen MR) is 92.0 cm³/mol. The van der Waals surface area contributed by atoms with E-state index in [4.69, 9.17) is 0 Å². The Kier molecular flexibility index (Phi) is 3.67. The highest BCUT2D eigenvalue weighted by Gasteiger charge is 2.24. The van der Waals surface area contributed by atoms with Gasteiger partial charge in [-0.05, 0) is 23.6 Å². The van der Waals surface area contributed by atoms with E-state index in [1.807, 2.05) is 35.2 Å². The number of carbonyl (C=O) groups is 1. The van der Waals surface area contributed by atoms with E-state index in [-0.39, 0.29) is 5.91 Å². The monoisotopic (exact) mass is 324 g/mol. The lowest BCUT2D eigenvalue weighted by molar-refractivity contribution is 0.0751. The average molecular weight is 324 g/mol. The maximum atomic E-state index is 12.7. The molecule has 1 amide bonds. The fourth-order valence-electron chi connectivity index (χ4n) is 2.81.